The van der Waals surface area contributed by atoms with Gasteiger partial charge in [0.1, 0.15) is 5.75 Å². The standard InChI is InChI=1S/C25H28N2O4/c1-31-22-9-7-19(8-10-22)24(29)20-11-13-26(14-12-20)25(30)21-15-23(28)27(17-21)16-18-5-3-2-4-6-18/h2-10,20-21H,11-17H2,1H3/t21-/m0/s1. The highest BCUT2D eigenvalue weighted by molar-refractivity contribution is 5.98. The van der Waals surface area contributed by atoms with E-state index in [1.807, 2.05) is 35.2 Å². The first-order valence-electron chi connectivity index (χ1n) is 10.8. The van der Waals surface area contributed by atoms with E-state index < -0.39 is 0 Å². The quantitative estimate of drug-likeness (QED) is 0.674. The van der Waals surface area contributed by atoms with Gasteiger partial charge in [-0.25, -0.2) is 0 Å². The van der Waals surface area contributed by atoms with E-state index in [-0.39, 0.29) is 35.9 Å². The van der Waals surface area contributed by atoms with Crippen molar-refractivity contribution in [3.05, 3.63) is 65.7 Å². The summed E-state index contributed by atoms with van der Waals surface area (Å²) in [5.74, 6) is 0.567. The molecule has 0 saturated carbocycles. The SMILES string of the molecule is COc1ccc(C(=O)C2CCN(C(=O)[C@H]3CC(=O)N(Cc4ccccc4)C3)CC2)cc1. The summed E-state index contributed by atoms with van der Waals surface area (Å²) in [7, 11) is 1.60. The van der Waals surface area contributed by atoms with Crippen molar-refractivity contribution in [1.82, 2.24) is 9.80 Å². The van der Waals surface area contributed by atoms with Crippen LogP contribution in [0.1, 0.15) is 35.2 Å². The maximum atomic E-state index is 13.0. The third-order valence-electron chi connectivity index (χ3n) is 6.33. The molecular formula is C25H28N2O4. The van der Waals surface area contributed by atoms with Crippen LogP contribution in [0.15, 0.2) is 54.6 Å². The van der Waals surface area contributed by atoms with Crippen molar-refractivity contribution in [2.75, 3.05) is 26.7 Å². The summed E-state index contributed by atoms with van der Waals surface area (Å²) >= 11 is 0. The number of nitrogens with zero attached hydrogens (tertiary/aromatic N) is 2. The summed E-state index contributed by atoms with van der Waals surface area (Å²) < 4.78 is 5.15. The number of ketones is 1. The topological polar surface area (TPSA) is 66.9 Å². The predicted octanol–water partition coefficient (Wildman–Crippen LogP) is 3.17. The molecule has 1 atom stereocenters. The molecule has 162 valence electrons. The lowest BCUT2D eigenvalue weighted by molar-refractivity contribution is -0.137. The number of benzene rings is 2. The fraction of sp³-hybridized carbons (Fsp3) is 0.400. The minimum Gasteiger partial charge on any atom is -0.497 e. The van der Waals surface area contributed by atoms with E-state index in [0.29, 0.717) is 44.6 Å². The molecule has 6 nitrogen and oxygen atoms in total. The Hall–Kier alpha value is -3.15. The fourth-order valence-electron chi connectivity index (χ4n) is 4.51. The number of carbonyl (C=O) groups excluding carboxylic acids is 3. The van der Waals surface area contributed by atoms with Crippen molar-refractivity contribution in [3.8, 4) is 5.75 Å². The van der Waals surface area contributed by atoms with Gasteiger partial charge >= 0.3 is 0 Å². The molecule has 0 aliphatic carbocycles. The molecule has 2 fully saturated rings. The average Bonchev–Trinajstić information content (AvgIpc) is 3.19. The van der Waals surface area contributed by atoms with Crippen LogP contribution < -0.4 is 4.74 Å². The number of hydrogen-bond donors (Lipinski definition) is 0. The van der Waals surface area contributed by atoms with Crippen LogP contribution in [0.4, 0.5) is 0 Å². The third-order valence-corrected chi connectivity index (χ3v) is 6.33. The molecule has 4 rings (SSSR count). The van der Waals surface area contributed by atoms with Gasteiger partial charge in [0.05, 0.1) is 13.0 Å². The van der Waals surface area contributed by atoms with Gasteiger partial charge in [0.2, 0.25) is 11.8 Å². The second kappa shape index (κ2) is 9.33. The van der Waals surface area contributed by atoms with E-state index >= 15 is 0 Å². The first-order chi connectivity index (χ1) is 15.0. The molecule has 0 unspecified atom stereocenters. The Bertz CT molecular complexity index is 934. The van der Waals surface area contributed by atoms with Gasteiger partial charge < -0.3 is 14.5 Å². The number of likely N-dealkylation sites (tertiary alicyclic amines) is 2. The molecule has 2 heterocycles. The molecule has 31 heavy (non-hydrogen) atoms. The number of rotatable bonds is 6. The lowest BCUT2D eigenvalue weighted by atomic mass is 9.88. The molecule has 6 heteroatoms. The van der Waals surface area contributed by atoms with Gasteiger partial charge in [-0.2, -0.15) is 0 Å². The van der Waals surface area contributed by atoms with Crippen LogP contribution in [0.3, 0.4) is 0 Å². The second-order valence-electron chi connectivity index (χ2n) is 8.35. The zero-order valence-corrected chi connectivity index (χ0v) is 17.8. The van der Waals surface area contributed by atoms with E-state index in [4.69, 9.17) is 4.74 Å². The van der Waals surface area contributed by atoms with Crippen molar-refractivity contribution in [3.63, 3.8) is 0 Å². The van der Waals surface area contributed by atoms with Gasteiger partial charge in [-0.05, 0) is 42.7 Å². The summed E-state index contributed by atoms with van der Waals surface area (Å²) in [6.07, 6.45) is 1.59. The van der Waals surface area contributed by atoms with Gasteiger partial charge in [-0.15, -0.1) is 0 Å². The molecule has 2 aliphatic heterocycles. The maximum absolute atomic E-state index is 13.0. The largest absolute Gasteiger partial charge is 0.497 e. The van der Waals surface area contributed by atoms with Crippen LogP contribution in [-0.2, 0) is 16.1 Å². The number of piperidine rings is 1. The summed E-state index contributed by atoms with van der Waals surface area (Å²) in [6.45, 7) is 2.14. The van der Waals surface area contributed by atoms with Gasteiger partial charge in [0.25, 0.3) is 0 Å². The number of amides is 2. The zero-order valence-electron chi connectivity index (χ0n) is 17.8. The number of Topliss-reactive ketones (excluding diaryl/α,β-unsaturated/α-hetero) is 1. The van der Waals surface area contributed by atoms with E-state index in [1.54, 1.807) is 36.3 Å². The smallest absolute Gasteiger partial charge is 0.227 e. The van der Waals surface area contributed by atoms with Crippen LogP contribution in [-0.4, -0.2) is 54.1 Å². The summed E-state index contributed by atoms with van der Waals surface area (Å²) in [5.41, 5.74) is 1.75. The Kier molecular flexibility index (Phi) is 6.35. The van der Waals surface area contributed by atoms with Crippen LogP contribution in [0.25, 0.3) is 0 Å². The Morgan fingerprint density at radius 3 is 2.29 bits per heavy atom. The van der Waals surface area contributed by atoms with Gasteiger partial charge in [0, 0.05) is 44.1 Å². The van der Waals surface area contributed by atoms with Crippen molar-refractivity contribution in [2.24, 2.45) is 11.8 Å². The second-order valence-corrected chi connectivity index (χ2v) is 8.35. The number of methoxy groups -OCH3 is 1. The molecule has 2 saturated heterocycles. The maximum Gasteiger partial charge on any atom is 0.227 e. The molecule has 0 aromatic heterocycles. The lowest BCUT2D eigenvalue weighted by Gasteiger charge is -2.33. The Balaban J connectivity index is 1.30. The minimum atomic E-state index is -0.287. The van der Waals surface area contributed by atoms with Crippen molar-refractivity contribution >= 4 is 17.6 Å². The van der Waals surface area contributed by atoms with Gasteiger partial charge in [-0.1, -0.05) is 30.3 Å². The lowest BCUT2D eigenvalue weighted by Crippen LogP contribution is -2.43. The first kappa shape index (κ1) is 21.1. The van der Waals surface area contributed by atoms with Crippen LogP contribution in [0, 0.1) is 11.8 Å². The molecule has 2 aliphatic rings. The molecular weight excluding hydrogens is 392 g/mol. The van der Waals surface area contributed by atoms with Gasteiger partial charge in [-0.3, -0.25) is 14.4 Å². The van der Waals surface area contributed by atoms with Crippen molar-refractivity contribution < 1.29 is 19.1 Å². The predicted molar refractivity (Wildman–Crippen MR) is 117 cm³/mol. The highest BCUT2D eigenvalue weighted by Crippen LogP contribution is 2.27. The van der Waals surface area contributed by atoms with Crippen LogP contribution >= 0.6 is 0 Å². The Labute approximate surface area is 182 Å². The monoisotopic (exact) mass is 420 g/mol. The Morgan fingerprint density at radius 2 is 1.65 bits per heavy atom. The summed E-state index contributed by atoms with van der Waals surface area (Å²) in [6, 6.07) is 17.0. The summed E-state index contributed by atoms with van der Waals surface area (Å²) in [5, 5.41) is 0. The molecule has 2 aromatic carbocycles. The highest BCUT2D eigenvalue weighted by atomic mass is 16.5. The molecule has 2 amide bonds. The molecule has 0 N–H and O–H groups in total. The van der Waals surface area contributed by atoms with E-state index in [9.17, 15) is 14.4 Å². The fourth-order valence-corrected chi connectivity index (χ4v) is 4.51. The minimum absolute atomic E-state index is 0.0340. The van der Waals surface area contributed by atoms with E-state index in [2.05, 4.69) is 0 Å². The van der Waals surface area contributed by atoms with E-state index in [1.165, 1.54) is 0 Å². The molecule has 2 aromatic rings. The number of hydrogen-bond acceptors (Lipinski definition) is 4. The highest BCUT2D eigenvalue weighted by Gasteiger charge is 2.38. The van der Waals surface area contributed by atoms with Crippen LogP contribution in [0.5, 0.6) is 5.75 Å². The normalized spacial score (nSPS) is 19.5. The van der Waals surface area contributed by atoms with E-state index in [0.717, 1.165) is 11.3 Å². The third kappa shape index (κ3) is 4.79. The van der Waals surface area contributed by atoms with Gasteiger partial charge in [0.15, 0.2) is 5.78 Å². The van der Waals surface area contributed by atoms with Crippen molar-refractivity contribution in [2.45, 2.75) is 25.8 Å². The average molecular weight is 421 g/mol. The molecule has 0 spiro atoms. The van der Waals surface area contributed by atoms with Crippen molar-refractivity contribution in [1.29, 1.82) is 0 Å². The number of carbonyl (C=O) groups is 3. The Morgan fingerprint density at radius 1 is 0.968 bits per heavy atom. The first-order valence-corrected chi connectivity index (χ1v) is 10.8. The number of ether oxygens (including phenoxy) is 1. The van der Waals surface area contributed by atoms with Crippen LogP contribution in [0.2, 0.25) is 0 Å². The molecule has 0 bridgehead atoms. The molecule has 0 radical (unpaired) electrons. The summed E-state index contributed by atoms with van der Waals surface area (Å²) in [4.78, 5) is 41.8. The zero-order chi connectivity index (χ0) is 21.8.